The van der Waals surface area contributed by atoms with E-state index in [1.807, 2.05) is 6.07 Å². The summed E-state index contributed by atoms with van der Waals surface area (Å²) in [4.78, 5) is 9.59. The lowest BCUT2D eigenvalue weighted by Crippen LogP contribution is -2.30. The number of nitrogens with one attached hydrogen (secondary N) is 2. The Bertz CT molecular complexity index is 2220. The fraction of sp³-hybridized carbons (Fsp3) is 0.0667. The molecule has 3 aliphatic rings. The van der Waals surface area contributed by atoms with E-state index >= 15 is 0 Å². The topological polar surface area (TPSA) is 48.8 Å². The standard InChI is InChI=1S/C45H36N4/c1-46-45(40-28-37(33-14-6-3-7-15-33)27-39(29-40)44-23-21-35-17-9-11-19-42(35)49-44)47-30-31-24-36(32-12-4-2-5-13-32)26-38(25-31)43-22-20-34-16-8-10-18-41(34)48-43/h2-29,41,44,48-49H,1,30H2. The van der Waals surface area contributed by atoms with E-state index in [1.54, 1.807) is 0 Å². The number of para-hydroxylation sites is 1. The number of amidine groups is 1. The highest BCUT2D eigenvalue weighted by molar-refractivity contribution is 6.02. The molecule has 1 aliphatic carbocycles. The van der Waals surface area contributed by atoms with Crippen molar-refractivity contribution in [2.24, 2.45) is 9.98 Å². The number of nitrogens with zero attached hydrogens (tertiary/aromatic N) is 2. The third-order valence-electron chi connectivity index (χ3n) is 9.21. The van der Waals surface area contributed by atoms with Crippen molar-refractivity contribution in [1.29, 1.82) is 0 Å². The number of allylic oxidation sites excluding steroid dienone is 4. The first-order chi connectivity index (χ1) is 24.2. The van der Waals surface area contributed by atoms with E-state index in [-0.39, 0.29) is 12.1 Å². The van der Waals surface area contributed by atoms with Gasteiger partial charge in [0.1, 0.15) is 0 Å². The van der Waals surface area contributed by atoms with E-state index in [9.17, 15) is 0 Å². The molecule has 2 aliphatic heterocycles. The Labute approximate surface area is 288 Å². The summed E-state index contributed by atoms with van der Waals surface area (Å²) in [7, 11) is 0. The van der Waals surface area contributed by atoms with Crippen LogP contribution >= 0.6 is 0 Å². The minimum absolute atomic E-state index is 0.00817. The zero-order valence-electron chi connectivity index (χ0n) is 27.1. The highest BCUT2D eigenvalue weighted by atomic mass is 14.9. The summed E-state index contributed by atoms with van der Waals surface area (Å²) < 4.78 is 0. The lowest BCUT2D eigenvalue weighted by molar-refractivity contribution is 0.813. The van der Waals surface area contributed by atoms with Gasteiger partial charge in [0.25, 0.3) is 0 Å². The first kappa shape index (κ1) is 30.1. The van der Waals surface area contributed by atoms with Crippen molar-refractivity contribution in [3.8, 4) is 22.3 Å². The van der Waals surface area contributed by atoms with Gasteiger partial charge in [-0.05, 0) is 105 Å². The number of benzene rings is 5. The molecule has 4 nitrogen and oxygen atoms in total. The summed E-state index contributed by atoms with van der Waals surface area (Å²) in [5.41, 5.74) is 13.5. The van der Waals surface area contributed by atoms with Gasteiger partial charge >= 0.3 is 0 Å². The van der Waals surface area contributed by atoms with Gasteiger partial charge < -0.3 is 10.6 Å². The monoisotopic (exact) mass is 632 g/mol. The molecule has 0 bridgehead atoms. The fourth-order valence-electron chi connectivity index (χ4n) is 6.70. The molecule has 5 aromatic carbocycles. The summed E-state index contributed by atoms with van der Waals surface area (Å²) >= 11 is 0. The SMILES string of the molecule is C=NC(=NCc1cc(C2=CC=C3C=CC=CC3N2)cc(-c2ccccc2)c1)c1cc(-c2ccccc2)cc(C2C=Cc3ccccc3N2)c1. The van der Waals surface area contributed by atoms with Crippen LogP contribution in [-0.4, -0.2) is 18.6 Å². The summed E-state index contributed by atoms with van der Waals surface area (Å²) in [5.74, 6) is 0.618. The van der Waals surface area contributed by atoms with Crippen LogP contribution in [0.2, 0.25) is 0 Å². The molecule has 2 unspecified atom stereocenters. The maximum absolute atomic E-state index is 5.10. The summed E-state index contributed by atoms with van der Waals surface area (Å²) in [5, 5.41) is 7.44. The summed E-state index contributed by atoms with van der Waals surface area (Å²) in [6, 6.07) is 42.9. The molecular weight excluding hydrogens is 597 g/mol. The molecule has 2 N–H and O–H groups in total. The molecular formula is C45H36N4. The van der Waals surface area contributed by atoms with Crippen molar-refractivity contribution in [1.82, 2.24) is 5.32 Å². The second-order valence-corrected chi connectivity index (χ2v) is 12.5. The number of hydrogen-bond donors (Lipinski definition) is 2. The molecule has 0 saturated carbocycles. The van der Waals surface area contributed by atoms with Crippen LogP contribution in [0.3, 0.4) is 0 Å². The van der Waals surface area contributed by atoms with Crippen molar-refractivity contribution in [2.45, 2.75) is 18.6 Å². The minimum atomic E-state index is 0.00817. The first-order valence-corrected chi connectivity index (χ1v) is 16.7. The van der Waals surface area contributed by atoms with Crippen LogP contribution in [0, 0.1) is 0 Å². The predicted molar refractivity (Wildman–Crippen MR) is 207 cm³/mol. The third-order valence-corrected chi connectivity index (χ3v) is 9.21. The quantitative estimate of drug-likeness (QED) is 0.139. The Kier molecular flexibility index (Phi) is 8.27. The number of rotatable bonds is 7. The molecule has 0 spiro atoms. The van der Waals surface area contributed by atoms with E-state index in [4.69, 9.17) is 4.99 Å². The Morgan fingerprint density at radius 2 is 1.35 bits per heavy atom. The second kappa shape index (κ2) is 13.5. The highest BCUT2D eigenvalue weighted by Crippen LogP contribution is 2.34. The van der Waals surface area contributed by atoms with E-state index in [0.29, 0.717) is 12.4 Å². The number of fused-ring (bicyclic) bond motifs is 2. The van der Waals surface area contributed by atoms with Crippen molar-refractivity contribution >= 4 is 30.0 Å². The molecule has 0 amide bonds. The van der Waals surface area contributed by atoms with Crippen LogP contribution in [-0.2, 0) is 6.54 Å². The summed E-state index contributed by atoms with van der Waals surface area (Å²) in [6.07, 6.45) is 17.3. The molecule has 49 heavy (non-hydrogen) atoms. The molecule has 2 heterocycles. The van der Waals surface area contributed by atoms with E-state index < -0.39 is 0 Å². The Morgan fingerprint density at radius 1 is 0.612 bits per heavy atom. The van der Waals surface area contributed by atoms with Gasteiger partial charge in [-0.25, -0.2) is 4.99 Å². The van der Waals surface area contributed by atoms with Crippen LogP contribution < -0.4 is 10.6 Å². The fourth-order valence-corrected chi connectivity index (χ4v) is 6.70. The maximum atomic E-state index is 5.10. The van der Waals surface area contributed by atoms with Crippen LogP contribution in [0.15, 0.2) is 179 Å². The Hall–Kier alpha value is -6.26. The van der Waals surface area contributed by atoms with Gasteiger partial charge in [0.2, 0.25) is 0 Å². The van der Waals surface area contributed by atoms with Crippen LogP contribution in [0.4, 0.5) is 5.69 Å². The van der Waals surface area contributed by atoms with Gasteiger partial charge in [-0.1, -0.05) is 121 Å². The highest BCUT2D eigenvalue weighted by Gasteiger charge is 2.19. The normalized spacial score (nSPS) is 17.6. The van der Waals surface area contributed by atoms with Crippen LogP contribution in [0.25, 0.3) is 34.0 Å². The van der Waals surface area contributed by atoms with Crippen molar-refractivity contribution < 1.29 is 0 Å². The molecule has 0 saturated heterocycles. The number of hydrogen-bond acceptors (Lipinski definition) is 3. The Balaban J connectivity index is 1.16. The molecule has 0 fully saturated rings. The number of anilines is 1. The zero-order valence-corrected chi connectivity index (χ0v) is 27.1. The van der Waals surface area contributed by atoms with E-state index in [1.165, 1.54) is 16.7 Å². The Morgan fingerprint density at radius 3 is 2.14 bits per heavy atom. The van der Waals surface area contributed by atoms with Gasteiger partial charge in [0.05, 0.1) is 18.6 Å². The van der Waals surface area contributed by atoms with Gasteiger partial charge in [0, 0.05) is 16.9 Å². The first-order valence-electron chi connectivity index (χ1n) is 16.7. The predicted octanol–water partition coefficient (Wildman–Crippen LogP) is 10.2. The molecule has 2 atom stereocenters. The summed E-state index contributed by atoms with van der Waals surface area (Å²) in [6.45, 7) is 4.43. The second-order valence-electron chi connectivity index (χ2n) is 12.5. The lowest BCUT2D eigenvalue weighted by atomic mass is 9.93. The van der Waals surface area contributed by atoms with Gasteiger partial charge in [0.15, 0.2) is 5.84 Å². The minimum Gasteiger partial charge on any atom is -0.374 e. The number of aliphatic imine (C=N–C) groups is 2. The maximum Gasteiger partial charge on any atom is 0.154 e. The van der Waals surface area contributed by atoms with Crippen LogP contribution in [0.1, 0.15) is 33.9 Å². The smallest absolute Gasteiger partial charge is 0.154 e. The average Bonchev–Trinajstić information content (AvgIpc) is 3.18. The largest absolute Gasteiger partial charge is 0.374 e. The van der Waals surface area contributed by atoms with Gasteiger partial charge in [-0.3, -0.25) is 4.99 Å². The molecule has 236 valence electrons. The average molecular weight is 633 g/mol. The molecule has 8 rings (SSSR count). The van der Waals surface area contributed by atoms with Crippen molar-refractivity contribution in [3.63, 3.8) is 0 Å². The third kappa shape index (κ3) is 6.50. The van der Waals surface area contributed by atoms with E-state index in [0.717, 1.165) is 50.3 Å². The van der Waals surface area contributed by atoms with Gasteiger partial charge in [-0.2, -0.15) is 0 Å². The zero-order chi connectivity index (χ0) is 33.0. The van der Waals surface area contributed by atoms with E-state index in [2.05, 4.69) is 186 Å². The number of dihydropyridines is 1. The lowest BCUT2D eigenvalue weighted by Gasteiger charge is -2.26. The van der Waals surface area contributed by atoms with Gasteiger partial charge in [-0.15, -0.1) is 0 Å². The van der Waals surface area contributed by atoms with Crippen molar-refractivity contribution in [3.05, 3.63) is 197 Å². The van der Waals surface area contributed by atoms with Crippen LogP contribution in [0.5, 0.6) is 0 Å². The molecule has 0 aromatic heterocycles. The molecule has 5 aromatic rings. The molecule has 0 radical (unpaired) electrons. The molecule has 4 heteroatoms. The van der Waals surface area contributed by atoms with Crippen molar-refractivity contribution in [2.75, 3.05) is 5.32 Å².